The average Bonchev–Trinajstić information content (AvgIpc) is 2.86. The molecule has 4 nitrogen and oxygen atoms in total. The summed E-state index contributed by atoms with van der Waals surface area (Å²) < 4.78 is 16.0. The highest BCUT2D eigenvalue weighted by molar-refractivity contribution is 5.39. The van der Waals surface area contributed by atoms with Gasteiger partial charge < -0.3 is 5.11 Å². The molecule has 0 radical (unpaired) electrons. The highest BCUT2D eigenvalue weighted by Gasteiger charge is 2.27. The number of nitrogens with zero attached hydrogens (tertiary/aromatic N) is 3. The van der Waals surface area contributed by atoms with E-state index < -0.39 is 0 Å². The van der Waals surface area contributed by atoms with Crippen LogP contribution in [0.2, 0.25) is 0 Å². The molecule has 104 valence electrons. The van der Waals surface area contributed by atoms with Crippen LogP contribution in [0, 0.1) is 5.82 Å². The maximum Gasteiger partial charge on any atom is 0.168 e. The van der Waals surface area contributed by atoms with E-state index in [0.29, 0.717) is 17.8 Å². The molecular weight excluding hydrogens is 269 g/mol. The van der Waals surface area contributed by atoms with Crippen molar-refractivity contribution in [3.8, 4) is 17.3 Å². The van der Waals surface area contributed by atoms with E-state index >= 15 is 0 Å². The van der Waals surface area contributed by atoms with Crippen molar-refractivity contribution in [3.05, 3.63) is 65.6 Å². The van der Waals surface area contributed by atoms with Gasteiger partial charge in [0.25, 0.3) is 0 Å². The van der Waals surface area contributed by atoms with Crippen molar-refractivity contribution in [2.45, 2.75) is 12.8 Å². The van der Waals surface area contributed by atoms with Crippen LogP contribution in [0.3, 0.4) is 0 Å². The number of para-hydroxylation sites is 1. The van der Waals surface area contributed by atoms with Crippen LogP contribution in [-0.2, 0) is 12.8 Å². The molecule has 1 aliphatic heterocycles. The lowest BCUT2D eigenvalue weighted by atomic mass is 10.0. The van der Waals surface area contributed by atoms with Crippen LogP contribution in [0.5, 0.6) is 5.88 Å². The number of hydrogen-bond acceptors (Lipinski definition) is 2. The zero-order chi connectivity index (χ0) is 14.4. The maximum atomic E-state index is 13.0. The molecule has 0 saturated carbocycles. The molecule has 0 atom stereocenters. The Morgan fingerprint density at radius 1 is 1.05 bits per heavy atom. The number of fused-ring (bicyclic) bond motifs is 3. The van der Waals surface area contributed by atoms with Crippen LogP contribution in [0.25, 0.3) is 11.4 Å². The van der Waals surface area contributed by atoms with E-state index in [4.69, 9.17) is 0 Å². The van der Waals surface area contributed by atoms with Crippen molar-refractivity contribution in [2.75, 3.05) is 0 Å². The summed E-state index contributed by atoms with van der Waals surface area (Å²) in [6.07, 6.45) is 1.50. The normalized spacial score (nSPS) is 12.8. The number of hydrogen-bond donors (Lipinski definition) is 0. The summed E-state index contributed by atoms with van der Waals surface area (Å²) in [4.78, 5) is 0. The van der Waals surface area contributed by atoms with Crippen LogP contribution < -0.4 is 9.79 Å². The second-order valence-corrected chi connectivity index (χ2v) is 5.07. The molecule has 0 amide bonds. The monoisotopic (exact) mass is 281 g/mol. The second-order valence-electron chi connectivity index (χ2n) is 5.07. The van der Waals surface area contributed by atoms with Gasteiger partial charge in [0, 0.05) is 12.0 Å². The molecule has 2 heterocycles. The van der Waals surface area contributed by atoms with Crippen molar-refractivity contribution >= 4 is 0 Å². The largest absolute Gasteiger partial charge is 0.838 e. The molecule has 5 heteroatoms. The van der Waals surface area contributed by atoms with Gasteiger partial charge in [0.2, 0.25) is 0 Å². The minimum absolute atomic E-state index is 0.142. The molecule has 0 spiro atoms. The first-order chi connectivity index (χ1) is 10.2. The van der Waals surface area contributed by atoms with Gasteiger partial charge in [-0.05, 0) is 36.8 Å². The first-order valence-electron chi connectivity index (χ1n) is 6.79. The van der Waals surface area contributed by atoms with Gasteiger partial charge >= 0.3 is 0 Å². The Morgan fingerprint density at radius 2 is 1.81 bits per heavy atom. The van der Waals surface area contributed by atoms with Gasteiger partial charge in [0.15, 0.2) is 17.1 Å². The Morgan fingerprint density at radius 3 is 2.62 bits per heavy atom. The van der Waals surface area contributed by atoms with E-state index in [1.54, 1.807) is 16.8 Å². The fourth-order valence-corrected chi connectivity index (χ4v) is 2.74. The van der Waals surface area contributed by atoms with Crippen LogP contribution in [0.1, 0.15) is 11.3 Å². The molecule has 0 fully saturated rings. The van der Waals surface area contributed by atoms with Crippen LogP contribution in [0.4, 0.5) is 4.39 Å². The third-order valence-electron chi connectivity index (χ3n) is 3.80. The molecule has 0 unspecified atom stereocenters. The Labute approximate surface area is 120 Å². The third-order valence-corrected chi connectivity index (χ3v) is 3.80. The zero-order valence-electron chi connectivity index (χ0n) is 11.2. The molecule has 0 aliphatic carbocycles. The van der Waals surface area contributed by atoms with Crippen molar-refractivity contribution < 1.29 is 14.2 Å². The molecule has 1 aromatic heterocycles. The number of benzene rings is 2. The number of aromatic nitrogens is 3. The summed E-state index contributed by atoms with van der Waals surface area (Å²) in [7, 11) is 0. The molecule has 3 aromatic rings. The number of rotatable bonds is 1. The van der Waals surface area contributed by atoms with Gasteiger partial charge in [-0.3, -0.25) is 0 Å². The lowest BCUT2D eigenvalue weighted by molar-refractivity contribution is -0.671. The van der Waals surface area contributed by atoms with E-state index in [-0.39, 0.29) is 11.7 Å². The predicted molar refractivity (Wildman–Crippen MR) is 71.9 cm³/mol. The van der Waals surface area contributed by atoms with Gasteiger partial charge in [0.1, 0.15) is 16.9 Å². The number of aryl methyl sites for hydroxylation is 1. The lowest BCUT2D eigenvalue weighted by Gasteiger charge is -2.12. The molecule has 21 heavy (non-hydrogen) atoms. The Hall–Kier alpha value is -2.69. The van der Waals surface area contributed by atoms with Crippen molar-refractivity contribution in [1.82, 2.24) is 9.90 Å². The maximum absolute atomic E-state index is 13.0. The Kier molecular flexibility index (Phi) is 2.54. The van der Waals surface area contributed by atoms with Crippen LogP contribution >= 0.6 is 0 Å². The third kappa shape index (κ3) is 1.81. The van der Waals surface area contributed by atoms with Crippen molar-refractivity contribution in [3.63, 3.8) is 0 Å². The van der Waals surface area contributed by atoms with E-state index in [9.17, 15) is 9.50 Å². The van der Waals surface area contributed by atoms with Crippen LogP contribution in [0.15, 0.2) is 48.5 Å². The van der Waals surface area contributed by atoms with E-state index in [1.807, 2.05) is 24.3 Å². The first-order valence-corrected chi connectivity index (χ1v) is 6.79. The van der Waals surface area contributed by atoms with Gasteiger partial charge in [0.05, 0.1) is 0 Å². The lowest BCUT2D eigenvalue weighted by Crippen LogP contribution is -2.41. The Balaban J connectivity index is 1.91. The van der Waals surface area contributed by atoms with Gasteiger partial charge in [-0.1, -0.05) is 22.9 Å². The molecule has 1 aliphatic rings. The summed E-state index contributed by atoms with van der Waals surface area (Å²) in [6.45, 7) is 0. The number of halogens is 1. The highest BCUT2D eigenvalue weighted by Crippen LogP contribution is 2.23. The summed E-state index contributed by atoms with van der Waals surface area (Å²) in [6, 6.07) is 13.7. The second kappa shape index (κ2) is 4.41. The quantitative estimate of drug-likeness (QED) is 0.634. The van der Waals surface area contributed by atoms with Crippen molar-refractivity contribution in [2.24, 2.45) is 0 Å². The molecule has 0 saturated heterocycles. The highest BCUT2D eigenvalue weighted by atomic mass is 19.1. The van der Waals surface area contributed by atoms with Crippen molar-refractivity contribution in [1.29, 1.82) is 0 Å². The summed E-state index contributed by atoms with van der Waals surface area (Å²) >= 11 is 0. The molecule has 4 rings (SSSR count). The molecule has 0 bridgehead atoms. The van der Waals surface area contributed by atoms with Gasteiger partial charge in [-0.15, -0.1) is 4.68 Å². The minimum Gasteiger partial charge on any atom is -0.838 e. The fraction of sp³-hybridized carbons (Fsp3) is 0.125. The standard InChI is InChI=1S/C16H12FN3O/c17-12-6-8-13(9-7-12)19-16(21)15-10-5-11-3-1-2-4-14(11)20(15)18-19/h1-4,6-9H,5,10H2. The first kappa shape index (κ1) is 12.1. The van der Waals surface area contributed by atoms with E-state index in [0.717, 1.165) is 12.1 Å². The molecular formula is C16H12FN3O. The smallest absolute Gasteiger partial charge is 0.168 e. The topological polar surface area (TPSA) is 44.8 Å². The van der Waals surface area contributed by atoms with Gasteiger partial charge in [-0.25, -0.2) is 4.39 Å². The summed E-state index contributed by atoms with van der Waals surface area (Å²) in [5, 5.41) is 16.9. The molecule has 0 N–H and O–H groups in total. The fourth-order valence-electron chi connectivity index (χ4n) is 2.74. The predicted octanol–water partition coefficient (Wildman–Crippen LogP) is 1.46. The average molecular weight is 281 g/mol. The summed E-state index contributed by atoms with van der Waals surface area (Å²) in [5.41, 5.74) is 3.36. The minimum atomic E-state index is -0.332. The summed E-state index contributed by atoms with van der Waals surface area (Å²) in [5.74, 6) is -0.475. The van der Waals surface area contributed by atoms with E-state index in [2.05, 4.69) is 5.21 Å². The molecule has 2 aromatic carbocycles. The van der Waals surface area contributed by atoms with Gasteiger partial charge in [-0.2, -0.15) is 0 Å². The SMILES string of the molecule is [O-]c1c2[n+](nn1-c1ccc(F)cc1)-c1ccccc1CC2. The Bertz CT molecular complexity index is 824. The zero-order valence-corrected chi connectivity index (χ0v) is 11.2. The van der Waals surface area contributed by atoms with Crippen LogP contribution in [-0.4, -0.2) is 9.90 Å². The van der Waals surface area contributed by atoms with E-state index in [1.165, 1.54) is 22.4 Å².